The van der Waals surface area contributed by atoms with Gasteiger partial charge in [0.25, 0.3) is 6.54 Å². The smallest absolute Gasteiger partial charge is 0.276 e. The SMILES string of the molecule is [C-]#[N+]CC(=O)c1ccc(Cl)cc1. The van der Waals surface area contributed by atoms with Gasteiger partial charge in [-0.05, 0) is 24.3 Å². The molecule has 0 unspecified atom stereocenters. The molecule has 0 aliphatic heterocycles. The van der Waals surface area contributed by atoms with Crippen molar-refractivity contribution in [3.8, 4) is 0 Å². The molecule has 0 radical (unpaired) electrons. The summed E-state index contributed by atoms with van der Waals surface area (Å²) < 4.78 is 0. The number of ketones is 1. The van der Waals surface area contributed by atoms with E-state index in [1.165, 1.54) is 0 Å². The zero-order valence-electron chi connectivity index (χ0n) is 6.25. The van der Waals surface area contributed by atoms with Gasteiger partial charge in [0.2, 0.25) is 5.78 Å². The molecule has 0 heterocycles. The summed E-state index contributed by atoms with van der Waals surface area (Å²) in [6.45, 7) is 6.41. The third-order valence-corrected chi connectivity index (χ3v) is 1.64. The predicted octanol–water partition coefficient (Wildman–Crippen LogP) is 2.44. The zero-order valence-corrected chi connectivity index (χ0v) is 7.01. The third-order valence-electron chi connectivity index (χ3n) is 1.39. The van der Waals surface area contributed by atoms with Crippen molar-refractivity contribution in [1.82, 2.24) is 0 Å². The van der Waals surface area contributed by atoms with Crippen LogP contribution in [0.2, 0.25) is 5.02 Å². The van der Waals surface area contributed by atoms with Crippen molar-refractivity contribution in [2.75, 3.05) is 6.54 Å². The quantitative estimate of drug-likeness (QED) is 0.505. The Bertz CT molecular complexity index is 323. The maximum absolute atomic E-state index is 11.1. The molecule has 0 aliphatic rings. The molecule has 1 rings (SSSR count). The van der Waals surface area contributed by atoms with Crippen LogP contribution in [0.25, 0.3) is 4.85 Å². The first-order chi connectivity index (χ1) is 5.74. The lowest BCUT2D eigenvalue weighted by Crippen LogP contribution is -2.00. The van der Waals surface area contributed by atoms with Gasteiger partial charge in [0.05, 0.1) is 0 Å². The van der Waals surface area contributed by atoms with Crippen molar-refractivity contribution in [3.63, 3.8) is 0 Å². The molecule has 0 aromatic heterocycles. The average Bonchev–Trinajstić information content (AvgIpc) is 2.06. The highest BCUT2D eigenvalue weighted by Crippen LogP contribution is 2.09. The average molecular weight is 180 g/mol. The lowest BCUT2D eigenvalue weighted by Gasteiger charge is -1.93. The molecular formula is C9H6ClNO. The van der Waals surface area contributed by atoms with Crippen LogP contribution < -0.4 is 0 Å². The molecule has 1 aromatic carbocycles. The second-order valence-corrected chi connectivity index (χ2v) is 2.68. The summed E-state index contributed by atoms with van der Waals surface area (Å²) in [5.41, 5.74) is 0.537. The molecule has 0 spiro atoms. The topological polar surface area (TPSA) is 21.4 Å². The van der Waals surface area contributed by atoms with E-state index in [4.69, 9.17) is 18.2 Å². The van der Waals surface area contributed by atoms with Gasteiger partial charge in [-0.25, -0.2) is 6.57 Å². The van der Waals surface area contributed by atoms with E-state index in [0.29, 0.717) is 10.6 Å². The summed E-state index contributed by atoms with van der Waals surface area (Å²) in [4.78, 5) is 14.1. The number of carbonyl (C=O) groups excluding carboxylic acids is 1. The molecule has 0 aliphatic carbocycles. The van der Waals surface area contributed by atoms with E-state index in [0.717, 1.165) is 0 Å². The summed E-state index contributed by atoms with van der Waals surface area (Å²) in [7, 11) is 0. The minimum absolute atomic E-state index is 0.0956. The van der Waals surface area contributed by atoms with E-state index in [1.807, 2.05) is 0 Å². The second-order valence-electron chi connectivity index (χ2n) is 2.25. The van der Waals surface area contributed by atoms with Gasteiger partial charge in [-0.3, -0.25) is 4.79 Å². The molecule has 0 N–H and O–H groups in total. The highest BCUT2D eigenvalue weighted by molar-refractivity contribution is 6.30. The fourth-order valence-corrected chi connectivity index (χ4v) is 0.925. The molecule has 60 valence electrons. The van der Waals surface area contributed by atoms with Crippen LogP contribution >= 0.6 is 11.6 Å². The van der Waals surface area contributed by atoms with E-state index in [2.05, 4.69) is 4.85 Å². The molecule has 12 heavy (non-hydrogen) atoms. The Morgan fingerprint density at radius 3 is 2.50 bits per heavy atom. The standard InChI is InChI=1S/C9H6ClNO/c1-11-6-9(12)7-2-4-8(10)5-3-7/h2-5H,6H2. The Morgan fingerprint density at radius 1 is 1.42 bits per heavy atom. The van der Waals surface area contributed by atoms with Crippen molar-refractivity contribution >= 4 is 17.4 Å². The lowest BCUT2D eigenvalue weighted by atomic mass is 10.1. The molecule has 0 amide bonds. The van der Waals surface area contributed by atoms with Crippen molar-refractivity contribution in [1.29, 1.82) is 0 Å². The van der Waals surface area contributed by atoms with Crippen LogP contribution in [-0.2, 0) is 0 Å². The van der Waals surface area contributed by atoms with Gasteiger partial charge in [-0.2, -0.15) is 0 Å². The van der Waals surface area contributed by atoms with Crippen LogP contribution in [0.1, 0.15) is 10.4 Å². The van der Waals surface area contributed by atoms with Crippen LogP contribution in [0, 0.1) is 6.57 Å². The first-order valence-electron chi connectivity index (χ1n) is 3.36. The van der Waals surface area contributed by atoms with Crippen LogP contribution in [0.5, 0.6) is 0 Å². The third kappa shape index (κ3) is 2.08. The van der Waals surface area contributed by atoms with E-state index >= 15 is 0 Å². The first-order valence-corrected chi connectivity index (χ1v) is 3.74. The fraction of sp³-hybridized carbons (Fsp3) is 0.111. The number of rotatable bonds is 2. The van der Waals surface area contributed by atoms with Crippen LogP contribution in [-0.4, -0.2) is 12.3 Å². The van der Waals surface area contributed by atoms with E-state index < -0.39 is 0 Å². The van der Waals surface area contributed by atoms with Gasteiger partial charge in [-0.15, -0.1) is 0 Å². The molecule has 0 saturated carbocycles. The number of Topliss-reactive ketones (excluding diaryl/α,β-unsaturated/α-hetero) is 1. The Kier molecular flexibility index (Phi) is 2.84. The number of hydrogen-bond donors (Lipinski definition) is 0. The summed E-state index contributed by atoms with van der Waals surface area (Å²) in [5.74, 6) is -0.165. The van der Waals surface area contributed by atoms with Crippen molar-refractivity contribution in [3.05, 3.63) is 46.3 Å². The molecular weight excluding hydrogens is 174 g/mol. The summed E-state index contributed by atoms with van der Waals surface area (Å²) in [6.07, 6.45) is 0. The predicted molar refractivity (Wildman–Crippen MR) is 47.3 cm³/mol. The van der Waals surface area contributed by atoms with Gasteiger partial charge in [-0.1, -0.05) is 11.6 Å². The normalized spacial score (nSPS) is 9.00. The summed E-state index contributed by atoms with van der Waals surface area (Å²) >= 11 is 5.62. The largest absolute Gasteiger partial charge is 0.308 e. The molecule has 0 saturated heterocycles. The van der Waals surface area contributed by atoms with Crippen molar-refractivity contribution in [2.45, 2.75) is 0 Å². The van der Waals surface area contributed by atoms with Gasteiger partial charge in [0.15, 0.2) is 0 Å². The first kappa shape index (κ1) is 8.76. The Morgan fingerprint density at radius 2 is 2.00 bits per heavy atom. The Balaban J connectivity index is 2.84. The van der Waals surface area contributed by atoms with Crippen molar-refractivity contribution < 1.29 is 4.79 Å². The van der Waals surface area contributed by atoms with E-state index in [1.54, 1.807) is 24.3 Å². The molecule has 1 aromatic rings. The number of carbonyl (C=O) groups is 1. The molecule has 0 bridgehead atoms. The highest BCUT2D eigenvalue weighted by atomic mass is 35.5. The minimum Gasteiger partial charge on any atom is -0.308 e. The Labute approximate surface area is 75.6 Å². The monoisotopic (exact) mass is 179 g/mol. The van der Waals surface area contributed by atoms with Gasteiger partial charge in [0.1, 0.15) is 0 Å². The number of hydrogen-bond acceptors (Lipinski definition) is 1. The molecule has 2 nitrogen and oxygen atoms in total. The van der Waals surface area contributed by atoms with E-state index in [-0.39, 0.29) is 12.3 Å². The lowest BCUT2D eigenvalue weighted by molar-refractivity contribution is 0.101. The maximum Gasteiger partial charge on any atom is 0.276 e. The molecule has 0 atom stereocenters. The van der Waals surface area contributed by atoms with Crippen LogP contribution in [0.4, 0.5) is 0 Å². The van der Waals surface area contributed by atoms with Gasteiger partial charge < -0.3 is 4.85 Å². The van der Waals surface area contributed by atoms with Gasteiger partial charge in [0, 0.05) is 10.6 Å². The maximum atomic E-state index is 11.1. The number of benzene rings is 1. The zero-order chi connectivity index (χ0) is 8.97. The van der Waals surface area contributed by atoms with Crippen molar-refractivity contribution in [2.24, 2.45) is 0 Å². The van der Waals surface area contributed by atoms with Crippen LogP contribution in [0.15, 0.2) is 24.3 Å². The molecule has 3 heteroatoms. The fourth-order valence-electron chi connectivity index (χ4n) is 0.799. The Hall–Kier alpha value is -1.33. The highest BCUT2D eigenvalue weighted by Gasteiger charge is 2.06. The summed E-state index contributed by atoms with van der Waals surface area (Å²) in [6, 6.07) is 6.52. The molecule has 0 fully saturated rings. The number of nitrogens with zero attached hydrogens (tertiary/aromatic N) is 1. The number of halogens is 1. The van der Waals surface area contributed by atoms with E-state index in [9.17, 15) is 4.79 Å². The van der Waals surface area contributed by atoms with Crippen LogP contribution in [0.3, 0.4) is 0 Å². The van der Waals surface area contributed by atoms with Gasteiger partial charge >= 0.3 is 0 Å². The summed E-state index contributed by atoms with van der Waals surface area (Å²) in [5, 5.41) is 0.592. The minimum atomic E-state index is -0.165. The second kappa shape index (κ2) is 3.89.